The summed E-state index contributed by atoms with van der Waals surface area (Å²) in [6, 6.07) is 30.0. The summed E-state index contributed by atoms with van der Waals surface area (Å²) in [6.45, 7) is 3.29. The number of aromatic nitrogens is 4. The monoisotopic (exact) mass is 552 g/mol. The van der Waals surface area contributed by atoms with Crippen molar-refractivity contribution >= 4 is 22.5 Å². The van der Waals surface area contributed by atoms with E-state index < -0.39 is 0 Å². The van der Waals surface area contributed by atoms with Crippen LogP contribution in [0.25, 0.3) is 16.6 Å². The second kappa shape index (κ2) is 12.6. The minimum Gasteiger partial charge on any atom is -0.490 e. The number of pyridine rings is 1. The van der Waals surface area contributed by atoms with Gasteiger partial charge in [-0.3, -0.25) is 9.88 Å². The van der Waals surface area contributed by atoms with Crippen LogP contribution in [0.5, 0.6) is 5.75 Å². The molecule has 6 rings (SSSR count). The predicted molar refractivity (Wildman–Crippen MR) is 159 cm³/mol. The Labute approximate surface area is 239 Å². The van der Waals surface area contributed by atoms with Crippen LogP contribution in [0.3, 0.4) is 0 Å². The molecule has 2 atom stereocenters. The molecule has 3 aromatic carbocycles. The molecule has 1 N–H and O–H groups in total. The standard InChI is InChI=1S/C32H33ClN6O/c33-32-36-23-37-39(32)30-12-6-7-13-31(30)40-19-18-38-17-15-26(21-27(38)20-24-8-2-1-3-9-24)35-22-25-14-16-34-29-11-5-4-10-28(25)29/h1-14,16,23,26-27,35H,15,17-22H2/t26-,27+/m0/s1. The van der Waals surface area contributed by atoms with Gasteiger partial charge < -0.3 is 10.1 Å². The molecule has 40 heavy (non-hydrogen) atoms. The highest BCUT2D eigenvalue weighted by Crippen LogP contribution is 2.26. The Morgan fingerprint density at radius 3 is 2.62 bits per heavy atom. The molecule has 8 heteroatoms. The van der Waals surface area contributed by atoms with Gasteiger partial charge in [0.15, 0.2) is 0 Å². The average Bonchev–Trinajstić information content (AvgIpc) is 3.43. The molecule has 0 radical (unpaired) electrons. The largest absolute Gasteiger partial charge is 0.490 e. The SMILES string of the molecule is Clc1ncnn1-c1ccccc1OCCN1CC[C@H](NCc2ccnc3ccccc23)C[C@H]1Cc1ccccc1. The summed E-state index contributed by atoms with van der Waals surface area (Å²) in [4.78, 5) is 11.1. The van der Waals surface area contributed by atoms with E-state index in [2.05, 4.69) is 79.9 Å². The van der Waals surface area contributed by atoms with E-state index >= 15 is 0 Å². The fourth-order valence-corrected chi connectivity index (χ4v) is 5.84. The minimum atomic E-state index is 0.313. The number of rotatable bonds is 10. The molecule has 0 aliphatic carbocycles. The number of piperidine rings is 1. The quantitative estimate of drug-likeness (QED) is 0.239. The van der Waals surface area contributed by atoms with Gasteiger partial charge in [-0.05, 0) is 66.3 Å². The Kier molecular flexibility index (Phi) is 8.33. The molecule has 0 amide bonds. The number of benzene rings is 3. The van der Waals surface area contributed by atoms with Crippen molar-refractivity contribution in [2.75, 3.05) is 19.7 Å². The van der Waals surface area contributed by atoms with E-state index in [9.17, 15) is 0 Å². The van der Waals surface area contributed by atoms with Crippen LogP contribution in [0, 0.1) is 0 Å². The first-order chi connectivity index (χ1) is 19.7. The zero-order valence-corrected chi connectivity index (χ0v) is 23.1. The van der Waals surface area contributed by atoms with Crippen LogP contribution in [0.1, 0.15) is 24.0 Å². The number of hydrogen-bond donors (Lipinski definition) is 1. The van der Waals surface area contributed by atoms with Gasteiger partial charge in [-0.25, -0.2) is 4.98 Å². The molecular weight excluding hydrogens is 520 g/mol. The van der Waals surface area contributed by atoms with Crippen molar-refractivity contribution in [2.24, 2.45) is 0 Å². The number of ether oxygens (including phenoxy) is 1. The highest BCUT2D eigenvalue weighted by atomic mass is 35.5. The highest BCUT2D eigenvalue weighted by molar-refractivity contribution is 6.28. The molecule has 2 aromatic heterocycles. The smallest absolute Gasteiger partial charge is 0.225 e. The van der Waals surface area contributed by atoms with E-state index in [1.807, 2.05) is 36.5 Å². The van der Waals surface area contributed by atoms with Crippen molar-refractivity contribution in [3.63, 3.8) is 0 Å². The van der Waals surface area contributed by atoms with E-state index in [4.69, 9.17) is 16.3 Å². The van der Waals surface area contributed by atoms with Crippen molar-refractivity contribution in [2.45, 2.75) is 37.9 Å². The van der Waals surface area contributed by atoms with Crippen LogP contribution >= 0.6 is 11.6 Å². The normalized spacial score (nSPS) is 17.7. The molecule has 0 saturated carbocycles. The molecule has 0 spiro atoms. The van der Waals surface area contributed by atoms with Crippen LogP contribution < -0.4 is 10.1 Å². The minimum absolute atomic E-state index is 0.313. The zero-order valence-electron chi connectivity index (χ0n) is 22.4. The van der Waals surface area contributed by atoms with Gasteiger partial charge in [0.05, 0.1) is 5.52 Å². The van der Waals surface area contributed by atoms with Gasteiger partial charge in [0.25, 0.3) is 0 Å². The maximum absolute atomic E-state index is 6.28. The summed E-state index contributed by atoms with van der Waals surface area (Å²) in [5.41, 5.74) is 4.50. The second-order valence-electron chi connectivity index (χ2n) is 10.2. The summed E-state index contributed by atoms with van der Waals surface area (Å²) in [5, 5.41) is 9.64. The number of fused-ring (bicyclic) bond motifs is 1. The van der Waals surface area contributed by atoms with Gasteiger partial charge in [0.1, 0.15) is 24.4 Å². The Hall–Kier alpha value is -3.78. The van der Waals surface area contributed by atoms with Crippen molar-refractivity contribution in [1.29, 1.82) is 0 Å². The molecule has 5 aromatic rings. The van der Waals surface area contributed by atoms with Crippen molar-refractivity contribution in [1.82, 2.24) is 30.0 Å². The van der Waals surface area contributed by atoms with E-state index in [1.165, 1.54) is 22.8 Å². The van der Waals surface area contributed by atoms with E-state index in [0.717, 1.165) is 55.9 Å². The number of likely N-dealkylation sites (tertiary alicyclic amines) is 1. The molecule has 1 fully saturated rings. The molecule has 204 valence electrons. The lowest BCUT2D eigenvalue weighted by Crippen LogP contribution is -2.50. The summed E-state index contributed by atoms with van der Waals surface area (Å²) in [7, 11) is 0. The number of para-hydroxylation sites is 3. The molecule has 1 aliphatic rings. The lowest BCUT2D eigenvalue weighted by atomic mass is 9.92. The molecule has 7 nitrogen and oxygen atoms in total. The van der Waals surface area contributed by atoms with Gasteiger partial charge in [-0.2, -0.15) is 9.78 Å². The van der Waals surface area contributed by atoms with Crippen molar-refractivity contribution in [3.05, 3.63) is 114 Å². The van der Waals surface area contributed by atoms with E-state index in [-0.39, 0.29) is 0 Å². The number of nitrogens with zero attached hydrogens (tertiary/aromatic N) is 5. The first kappa shape index (κ1) is 26.4. The summed E-state index contributed by atoms with van der Waals surface area (Å²) < 4.78 is 7.88. The zero-order chi connectivity index (χ0) is 27.1. The number of halogens is 1. The second-order valence-corrected chi connectivity index (χ2v) is 10.6. The van der Waals surface area contributed by atoms with Crippen LogP contribution in [0.2, 0.25) is 5.28 Å². The third-order valence-corrected chi connectivity index (χ3v) is 7.97. The fraction of sp³-hybridized carbons (Fsp3) is 0.281. The highest BCUT2D eigenvalue weighted by Gasteiger charge is 2.28. The Bertz CT molecular complexity index is 1540. The Morgan fingerprint density at radius 1 is 0.925 bits per heavy atom. The van der Waals surface area contributed by atoms with Gasteiger partial charge in [-0.1, -0.05) is 60.7 Å². The average molecular weight is 553 g/mol. The van der Waals surface area contributed by atoms with Crippen LogP contribution in [-0.4, -0.2) is 56.4 Å². The van der Waals surface area contributed by atoms with Gasteiger partial charge in [0, 0.05) is 43.3 Å². The topological polar surface area (TPSA) is 68.1 Å². The predicted octanol–water partition coefficient (Wildman–Crippen LogP) is 5.71. The molecule has 1 saturated heterocycles. The van der Waals surface area contributed by atoms with Gasteiger partial charge in [0.2, 0.25) is 5.28 Å². The van der Waals surface area contributed by atoms with E-state index in [1.54, 1.807) is 4.68 Å². The van der Waals surface area contributed by atoms with Crippen LogP contribution in [-0.2, 0) is 13.0 Å². The fourth-order valence-electron chi connectivity index (χ4n) is 5.66. The molecule has 3 heterocycles. The van der Waals surface area contributed by atoms with Crippen molar-refractivity contribution < 1.29 is 4.74 Å². The maximum Gasteiger partial charge on any atom is 0.225 e. The summed E-state index contributed by atoms with van der Waals surface area (Å²) >= 11 is 6.22. The Morgan fingerprint density at radius 2 is 1.75 bits per heavy atom. The first-order valence-electron chi connectivity index (χ1n) is 13.9. The van der Waals surface area contributed by atoms with Crippen LogP contribution in [0.15, 0.2) is 97.5 Å². The molecular formula is C32H33ClN6O. The third-order valence-electron chi connectivity index (χ3n) is 7.71. The molecule has 0 unspecified atom stereocenters. The maximum atomic E-state index is 6.28. The number of nitrogens with one attached hydrogen (secondary N) is 1. The summed E-state index contributed by atoms with van der Waals surface area (Å²) in [6.07, 6.45) is 6.56. The number of hydrogen-bond acceptors (Lipinski definition) is 6. The van der Waals surface area contributed by atoms with Crippen LogP contribution in [0.4, 0.5) is 0 Å². The molecule has 1 aliphatic heterocycles. The third kappa shape index (κ3) is 6.17. The van der Waals surface area contributed by atoms with Gasteiger partial charge >= 0.3 is 0 Å². The first-order valence-corrected chi connectivity index (χ1v) is 14.2. The lowest BCUT2D eigenvalue weighted by molar-refractivity contribution is 0.104. The summed E-state index contributed by atoms with van der Waals surface area (Å²) in [5.74, 6) is 0.746. The van der Waals surface area contributed by atoms with Gasteiger partial charge in [-0.15, -0.1) is 0 Å². The lowest BCUT2D eigenvalue weighted by Gasteiger charge is -2.40. The Balaban J connectivity index is 1.11. The van der Waals surface area contributed by atoms with Crippen molar-refractivity contribution in [3.8, 4) is 11.4 Å². The molecule has 0 bridgehead atoms. The van der Waals surface area contributed by atoms with E-state index in [0.29, 0.717) is 24.0 Å².